The highest BCUT2D eigenvalue weighted by atomic mass is 79.9. The maximum absolute atomic E-state index is 14.2. The molecule has 2 N–H and O–H groups in total. The van der Waals surface area contributed by atoms with Crippen LogP contribution in [0.2, 0.25) is 5.02 Å². The molecule has 1 heterocycles. The molecule has 1 aliphatic heterocycles. The number of rotatable bonds is 2. The molecule has 0 saturated carbocycles. The summed E-state index contributed by atoms with van der Waals surface area (Å²) in [6.07, 6.45) is 1.74. The summed E-state index contributed by atoms with van der Waals surface area (Å²) in [7, 11) is -3.91. The van der Waals surface area contributed by atoms with Crippen LogP contribution in [0.3, 0.4) is 0 Å². The van der Waals surface area contributed by atoms with Gasteiger partial charge in [-0.1, -0.05) is 18.5 Å². The van der Waals surface area contributed by atoms with E-state index in [4.69, 9.17) is 17.3 Å². The zero-order chi connectivity index (χ0) is 15.1. The van der Waals surface area contributed by atoms with Crippen molar-refractivity contribution in [3.63, 3.8) is 0 Å². The van der Waals surface area contributed by atoms with Crippen molar-refractivity contribution in [2.45, 2.75) is 24.7 Å². The summed E-state index contributed by atoms with van der Waals surface area (Å²) < 4.78 is 40.7. The van der Waals surface area contributed by atoms with Gasteiger partial charge in [-0.2, -0.15) is 4.31 Å². The third kappa shape index (κ3) is 2.81. The van der Waals surface area contributed by atoms with Crippen LogP contribution in [0.4, 0.5) is 10.1 Å². The molecule has 1 fully saturated rings. The number of sulfonamides is 1. The molecule has 2 rings (SSSR count). The molecule has 1 aromatic rings. The first-order valence-corrected chi connectivity index (χ1v) is 8.79. The van der Waals surface area contributed by atoms with Crippen LogP contribution in [0.15, 0.2) is 15.4 Å². The van der Waals surface area contributed by atoms with Crippen LogP contribution in [-0.2, 0) is 10.0 Å². The lowest BCUT2D eigenvalue weighted by atomic mass is 10.0. The number of hydrogen-bond donors (Lipinski definition) is 1. The van der Waals surface area contributed by atoms with Crippen molar-refractivity contribution in [2.24, 2.45) is 5.92 Å². The van der Waals surface area contributed by atoms with Crippen LogP contribution in [0.25, 0.3) is 0 Å². The Hall–Kier alpha value is -0.370. The third-order valence-corrected chi connectivity index (χ3v) is 6.64. The SMILES string of the molecule is CC1CCCN(S(=O)(=O)c2cc(Cl)c(Br)c(N)c2F)C1. The Kier molecular flexibility index (Phi) is 4.63. The first kappa shape index (κ1) is 16.0. The highest BCUT2D eigenvalue weighted by molar-refractivity contribution is 9.10. The predicted molar refractivity (Wildman–Crippen MR) is 80.7 cm³/mol. The number of hydrogen-bond acceptors (Lipinski definition) is 3. The van der Waals surface area contributed by atoms with E-state index in [9.17, 15) is 12.8 Å². The number of halogens is 3. The Morgan fingerprint density at radius 3 is 2.80 bits per heavy atom. The molecule has 0 amide bonds. The minimum atomic E-state index is -3.91. The molecule has 0 aromatic heterocycles. The molecule has 1 atom stereocenters. The van der Waals surface area contributed by atoms with E-state index in [0.717, 1.165) is 18.9 Å². The molecule has 1 unspecified atom stereocenters. The van der Waals surface area contributed by atoms with E-state index in [2.05, 4.69) is 15.9 Å². The Labute approximate surface area is 131 Å². The highest BCUT2D eigenvalue weighted by Gasteiger charge is 2.32. The van der Waals surface area contributed by atoms with Gasteiger partial charge in [-0.15, -0.1) is 0 Å². The standard InChI is InChI=1S/C12H15BrClFN2O2S/c1-7-3-2-4-17(6-7)20(18,19)9-5-8(14)10(13)12(16)11(9)15/h5,7H,2-4,6,16H2,1H3. The molecule has 1 saturated heterocycles. The maximum atomic E-state index is 14.2. The van der Waals surface area contributed by atoms with Crippen LogP contribution in [-0.4, -0.2) is 25.8 Å². The zero-order valence-corrected chi connectivity index (χ0v) is 14.0. The monoisotopic (exact) mass is 384 g/mol. The van der Waals surface area contributed by atoms with Gasteiger partial charge < -0.3 is 5.73 Å². The normalized spacial score (nSPS) is 21.1. The maximum Gasteiger partial charge on any atom is 0.246 e. The summed E-state index contributed by atoms with van der Waals surface area (Å²) >= 11 is 8.92. The average molecular weight is 386 g/mol. The van der Waals surface area contributed by atoms with E-state index < -0.39 is 20.7 Å². The molecule has 4 nitrogen and oxygen atoms in total. The van der Waals surface area contributed by atoms with Gasteiger partial charge in [0.05, 0.1) is 15.2 Å². The Balaban J connectivity index is 2.50. The lowest BCUT2D eigenvalue weighted by Crippen LogP contribution is -2.39. The fourth-order valence-electron chi connectivity index (χ4n) is 2.29. The molecule has 1 aliphatic rings. The van der Waals surface area contributed by atoms with Crippen LogP contribution in [0.1, 0.15) is 19.8 Å². The molecule has 1 aromatic carbocycles. The van der Waals surface area contributed by atoms with Crippen LogP contribution >= 0.6 is 27.5 Å². The van der Waals surface area contributed by atoms with Crippen molar-refractivity contribution in [1.29, 1.82) is 0 Å². The lowest BCUT2D eigenvalue weighted by Gasteiger charge is -2.30. The van der Waals surface area contributed by atoms with Crippen molar-refractivity contribution >= 4 is 43.2 Å². The molecule has 8 heteroatoms. The van der Waals surface area contributed by atoms with Crippen molar-refractivity contribution in [3.05, 3.63) is 21.4 Å². The second-order valence-electron chi connectivity index (χ2n) is 5.01. The molecule has 0 radical (unpaired) electrons. The van der Waals surface area contributed by atoms with Gasteiger partial charge in [-0.3, -0.25) is 0 Å². The summed E-state index contributed by atoms with van der Waals surface area (Å²) in [5, 5.41) is 0.0764. The van der Waals surface area contributed by atoms with E-state index in [0.29, 0.717) is 13.1 Å². The summed E-state index contributed by atoms with van der Waals surface area (Å²) in [6, 6.07) is 1.10. The predicted octanol–water partition coefficient (Wildman–Crippen LogP) is 3.24. The Morgan fingerprint density at radius 1 is 1.55 bits per heavy atom. The molecule has 20 heavy (non-hydrogen) atoms. The minimum Gasteiger partial charge on any atom is -0.395 e. The number of anilines is 1. The van der Waals surface area contributed by atoms with Gasteiger partial charge in [0.15, 0.2) is 5.82 Å². The van der Waals surface area contributed by atoms with Crippen molar-refractivity contribution in [3.8, 4) is 0 Å². The number of piperidine rings is 1. The molecular weight excluding hydrogens is 371 g/mol. The first-order chi connectivity index (χ1) is 9.25. The van der Waals surface area contributed by atoms with Gasteiger partial charge >= 0.3 is 0 Å². The van der Waals surface area contributed by atoms with Gasteiger partial charge in [0.1, 0.15) is 4.90 Å². The van der Waals surface area contributed by atoms with E-state index in [1.54, 1.807) is 0 Å². The van der Waals surface area contributed by atoms with Crippen LogP contribution in [0.5, 0.6) is 0 Å². The summed E-state index contributed by atoms with van der Waals surface area (Å²) in [4.78, 5) is -0.461. The minimum absolute atomic E-state index is 0.0764. The fourth-order valence-corrected chi connectivity index (χ4v) is 4.56. The van der Waals surface area contributed by atoms with Crippen LogP contribution < -0.4 is 5.73 Å². The molecule has 112 valence electrons. The second kappa shape index (κ2) is 5.79. The number of nitrogens with zero attached hydrogens (tertiary/aromatic N) is 1. The lowest BCUT2D eigenvalue weighted by molar-refractivity contribution is 0.280. The topological polar surface area (TPSA) is 63.4 Å². The number of nitrogen functional groups attached to an aromatic ring is 1. The van der Waals surface area contributed by atoms with Crippen molar-refractivity contribution < 1.29 is 12.8 Å². The van der Waals surface area contributed by atoms with Gasteiger partial charge in [0, 0.05) is 13.1 Å². The smallest absolute Gasteiger partial charge is 0.246 e. The third-order valence-electron chi connectivity index (χ3n) is 3.39. The number of benzene rings is 1. The van der Waals surface area contributed by atoms with Crippen molar-refractivity contribution in [1.82, 2.24) is 4.31 Å². The summed E-state index contributed by atoms with van der Waals surface area (Å²) in [5.74, 6) is -0.704. The van der Waals surface area contributed by atoms with E-state index >= 15 is 0 Å². The second-order valence-corrected chi connectivity index (χ2v) is 8.12. The van der Waals surface area contributed by atoms with Gasteiger partial charge in [0.2, 0.25) is 10.0 Å². The fraction of sp³-hybridized carbons (Fsp3) is 0.500. The molecule has 0 spiro atoms. The van der Waals surface area contributed by atoms with Crippen molar-refractivity contribution in [2.75, 3.05) is 18.8 Å². The van der Waals surface area contributed by atoms with Gasteiger partial charge in [-0.25, -0.2) is 12.8 Å². The average Bonchev–Trinajstić information content (AvgIpc) is 2.40. The molecule has 0 aliphatic carbocycles. The first-order valence-electron chi connectivity index (χ1n) is 6.18. The number of nitrogens with two attached hydrogens (primary N) is 1. The Bertz CT molecular complexity index is 639. The van der Waals surface area contributed by atoms with Crippen LogP contribution in [0, 0.1) is 11.7 Å². The quantitative estimate of drug-likeness (QED) is 0.628. The Morgan fingerprint density at radius 2 is 2.20 bits per heavy atom. The molecular formula is C12H15BrClFN2O2S. The zero-order valence-electron chi connectivity index (χ0n) is 10.9. The van der Waals surface area contributed by atoms with E-state index in [1.165, 1.54) is 4.31 Å². The molecule has 0 bridgehead atoms. The largest absolute Gasteiger partial charge is 0.395 e. The summed E-state index contributed by atoms with van der Waals surface area (Å²) in [6.45, 7) is 2.75. The van der Waals surface area contributed by atoms with Gasteiger partial charge in [0.25, 0.3) is 0 Å². The highest BCUT2D eigenvalue weighted by Crippen LogP contribution is 2.36. The van der Waals surface area contributed by atoms with E-state index in [1.807, 2.05) is 6.92 Å². The summed E-state index contributed by atoms with van der Waals surface area (Å²) in [5.41, 5.74) is 5.26. The van der Waals surface area contributed by atoms with Gasteiger partial charge in [-0.05, 0) is 40.8 Å². The van der Waals surface area contributed by atoms with E-state index in [-0.39, 0.29) is 21.1 Å².